The smallest absolute Gasteiger partial charge is 0.295 e. The van der Waals surface area contributed by atoms with Crippen LogP contribution in [-0.2, 0) is 20.2 Å². The van der Waals surface area contributed by atoms with E-state index >= 15 is 0 Å². The lowest BCUT2D eigenvalue weighted by Crippen LogP contribution is -1.99. The van der Waals surface area contributed by atoms with E-state index in [-0.39, 0.29) is 78.3 Å². The van der Waals surface area contributed by atoms with Gasteiger partial charge in [-0.1, -0.05) is 60.7 Å². The minimum Gasteiger partial charge on any atom is -0.507 e. The van der Waals surface area contributed by atoms with E-state index in [1.165, 1.54) is 74.9 Å². The summed E-state index contributed by atoms with van der Waals surface area (Å²) in [5.41, 5.74) is 1.48. The Labute approximate surface area is 396 Å². The third kappa shape index (κ3) is 9.72. The number of aromatic hydroxyl groups is 4. The number of aliphatic hydroxyl groups excluding tert-OH is 2. The van der Waals surface area contributed by atoms with E-state index in [1.807, 2.05) is 0 Å². The molecule has 0 bridgehead atoms. The zero-order valence-electron chi connectivity index (χ0n) is 36.2. The maximum atomic E-state index is 11.9. The number of rotatable bonds is 13. The highest BCUT2D eigenvalue weighted by molar-refractivity contribution is 7.86. The number of ether oxygens (including phenoxy) is 2. The van der Waals surface area contributed by atoms with Crippen LogP contribution < -0.4 is 9.47 Å². The lowest BCUT2D eigenvalue weighted by atomic mass is 10.0. The van der Waals surface area contributed by atoms with Crippen molar-refractivity contribution >= 4 is 87.7 Å². The average Bonchev–Trinajstić information content (AvgIpc) is 3.32. The summed E-state index contributed by atoms with van der Waals surface area (Å²) >= 11 is 0. The van der Waals surface area contributed by atoms with Crippen molar-refractivity contribution in [1.29, 1.82) is 0 Å². The molecule has 8 aromatic carbocycles. The van der Waals surface area contributed by atoms with E-state index in [4.69, 9.17) is 9.47 Å². The standard InChI is InChI=1S/C48H36N6O14S2/c1-67-41-19-25(11-17-35(41)49-47(59)33-15-13-27(21-37(33)55)51-53-45-31-9-5-3-7-29(31)43(23-39(45)57)69(61,62)63)26-12-18-36(42(20-26)68-2)50-48(60)34-16-14-28(22-38(34)56)52-54-46-32-10-6-4-8-30(32)44(24-40(46)58)70(64,65)66/h3-24,55-58H,1-2H3,(H,49,59)(H,50,60)(H,61,62,63)(H,64,65,66). The Hall–Kier alpha value is -8.96. The summed E-state index contributed by atoms with van der Waals surface area (Å²) in [6.07, 6.45) is 0. The maximum absolute atomic E-state index is 11.9. The van der Waals surface area contributed by atoms with Crippen LogP contribution in [0.4, 0.5) is 34.1 Å². The molecule has 0 radical (unpaired) electrons. The molecule has 20 nitrogen and oxygen atoms in total. The van der Waals surface area contributed by atoms with Crippen molar-refractivity contribution in [2.75, 3.05) is 14.2 Å². The number of azo groups is 2. The molecule has 8 rings (SSSR count). The number of phenolic OH excluding ortho intramolecular Hbond substituents is 4. The lowest BCUT2D eigenvalue weighted by molar-refractivity contribution is 0.415. The monoisotopic (exact) mass is 984 g/mol. The highest BCUT2D eigenvalue weighted by Crippen LogP contribution is 2.43. The van der Waals surface area contributed by atoms with E-state index in [2.05, 4.69) is 30.4 Å². The molecule has 0 atom stereocenters. The Balaban J connectivity index is 0.992. The van der Waals surface area contributed by atoms with Crippen molar-refractivity contribution in [3.63, 3.8) is 0 Å². The molecule has 0 aliphatic rings. The van der Waals surface area contributed by atoms with Gasteiger partial charge in [-0.2, -0.15) is 27.1 Å². The average molecular weight is 985 g/mol. The Morgan fingerprint density at radius 1 is 0.443 bits per heavy atom. The molecule has 354 valence electrons. The third-order valence-electron chi connectivity index (χ3n) is 10.6. The van der Waals surface area contributed by atoms with E-state index in [0.717, 1.165) is 12.1 Å². The zero-order chi connectivity index (χ0) is 50.1. The minimum atomic E-state index is -4.67. The van der Waals surface area contributed by atoms with E-state index in [9.17, 15) is 56.6 Å². The van der Waals surface area contributed by atoms with Crippen molar-refractivity contribution in [3.8, 4) is 45.6 Å². The molecule has 0 unspecified atom stereocenters. The molecule has 0 amide bonds. The van der Waals surface area contributed by atoms with Gasteiger partial charge in [0.25, 0.3) is 20.2 Å². The number of benzene rings is 8. The lowest BCUT2D eigenvalue weighted by Gasteiger charge is -2.12. The van der Waals surface area contributed by atoms with Gasteiger partial charge < -0.3 is 40.1 Å². The molecule has 0 fully saturated rings. The number of aliphatic hydroxyl groups is 2. The summed E-state index contributed by atoms with van der Waals surface area (Å²) < 4.78 is 78.1. The first-order valence-corrected chi connectivity index (χ1v) is 23.1. The number of hydrogen-bond acceptors (Lipinski definition) is 16. The molecule has 0 aromatic heterocycles. The Bertz CT molecular complexity index is 3540. The molecule has 22 heteroatoms. The largest absolute Gasteiger partial charge is 0.507 e. The first kappa shape index (κ1) is 47.5. The van der Waals surface area contributed by atoms with Crippen LogP contribution in [0.1, 0.15) is 11.1 Å². The molecule has 0 spiro atoms. The predicted molar refractivity (Wildman–Crippen MR) is 258 cm³/mol. The fraction of sp³-hybridized carbons (Fsp3) is 0.0417. The second-order valence-electron chi connectivity index (χ2n) is 15.0. The molecule has 0 saturated heterocycles. The van der Waals surface area contributed by atoms with Crippen LogP contribution in [0.5, 0.6) is 34.5 Å². The van der Waals surface area contributed by atoms with Crippen LogP contribution in [0.15, 0.2) is 174 Å². The number of fused-ring (bicyclic) bond motifs is 2. The third-order valence-corrected chi connectivity index (χ3v) is 12.4. The van der Waals surface area contributed by atoms with Crippen molar-refractivity contribution in [2.45, 2.75) is 9.79 Å². The van der Waals surface area contributed by atoms with Gasteiger partial charge in [0.2, 0.25) is 11.8 Å². The predicted octanol–water partition coefficient (Wildman–Crippen LogP) is 11.1. The quantitative estimate of drug-likeness (QED) is 0.0230. The van der Waals surface area contributed by atoms with Crippen LogP contribution in [0.25, 0.3) is 32.7 Å². The van der Waals surface area contributed by atoms with Gasteiger partial charge in [-0.05, 0) is 59.7 Å². The van der Waals surface area contributed by atoms with Gasteiger partial charge in [0.15, 0.2) is 0 Å². The van der Waals surface area contributed by atoms with Crippen LogP contribution in [-0.4, -0.2) is 82.6 Å². The highest BCUT2D eigenvalue weighted by Gasteiger charge is 2.22. The summed E-state index contributed by atoms with van der Waals surface area (Å²) in [7, 11) is -6.55. The zero-order valence-corrected chi connectivity index (χ0v) is 37.9. The molecular formula is C48H36N6O14S2. The first-order valence-electron chi connectivity index (χ1n) is 20.2. The van der Waals surface area contributed by atoms with Crippen LogP contribution in [0, 0.1) is 0 Å². The molecule has 0 aliphatic carbocycles. The van der Waals surface area contributed by atoms with Crippen LogP contribution in [0.3, 0.4) is 0 Å². The van der Waals surface area contributed by atoms with Gasteiger partial charge in [-0.15, -0.1) is 10.2 Å². The summed E-state index contributed by atoms with van der Waals surface area (Å²) in [5, 5.41) is 81.6. The van der Waals surface area contributed by atoms with Gasteiger partial charge in [-0.3, -0.25) is 9.11 Å². The summed E-state index contributed by atoms with van der Waals surface area (Å²) in [4.78, 5) is 7.49. The molecule has 0 aliphatic heterocycles. The summed E-state index contributed by atoms with van der Waals surface area (Å²) in [6.45, 7) is 0. The number of nitrogens with zero attached hydrogens (tertiary/aromatic N) is 6. The van der Waals surface area contributed by atoms with Gasteiger partial charge >= 0.3 is 0 Å². The van der Waals surface area contributed by atoms with E-state index < -0.39 is 64.8 Å². The highest BCUT2D eigenvalue weighted by atomic mass is 32.2. The molecule has 70 heavy (non-hydrogen) atoms. The Kier molecular flexibility index (Phi) is 12.9. The van der Waals surface area contributed by atoms with Crippen molar-refractivity contribution < 1.29 is 66.1 Å². The maximum Gasteiger partial charge on any atom is 0.295 e. The van der Waals surface area contributed by atoms with Crippen LogP contribution >= 0.6 is 0 Å². The number of aliphatic imine (C=N–C) groups is 2. The van der Waals surface area contributed by atoms with Crippen molar-refractivity contribution in [3.05, 3.63) is 145 Å². The molecular weight excluding hydrogens is 949 g/mol. The molecule has 0 saturated carbocycles. The summed E-state index contributed by atoms with van der Waals surface area (Å²) in [5.74, 6) is -2.68. The SMILES string of the molecule is COc1cc(-c2ccc(N=C(O)c3ccc(N=Nc4c(O)cc(S(=O)(=O)O)c5ccccc45)cc3O)c(OC)c2)ccc1N=C(O)c1ccc(N=Nc2c(O)cc(S(=O)(=O)O)c3ccccc23)cc1O. The van der Waals surface area contributed by atoms with Crippen LogP contribution in [0.2, 0.25) is 0 Å². The second kappa shape index (κ2) is 19.0. The Morgan fingerprint density at radius 2 is 0.814 bits per heavy atom. The van der Waals surface area contributed by atoms with Gasteiger partial charge in [0.1, 0.15) is 67.0 Å². The van der Waals surface area contributed by atoms with E-state index in [0.29, 0.717) is 11.1 Å². The topological polar surface area (TPSA) is 323 Å². The number of methoxy groups -OCH3 is 2. The molecule has 8 N–H and O–H groups in total. The number of phenols is 4. The fourth-order valence-corrected chi connectivity index (χ4v) is 8.70. The first-order chi connectivity index (χ1) is 33.3. The van der Waals surface area contributed by atoms with Gasteiger partial charge in [0.05, 0.1) is 36.7 Å². The molecule has 8 aromatic rings. The fourth-order valence-electron chi connectivity index (χ4n) is 7.27. The number of hydrogen-bond donors (Lipinski definition) is 8. The minimum absolute atomic E-state index is 0.0750. The summed E-state index contributed by atoms with van der Waals surface area (Å²) in [6, 6.07) is 31.4. The van der Waals surface area contributed by atoms with Crippen molar-refractivity contribution in [1.82, 2.24) is 0 Å². The second-order valence-corrected chi connectivity index (χ2v) is 17.8. The molecule has 0 heterocycles. The van der Waals surface area contributed by atoms with Gasteiger partial charge in [-0.25, -0.2) is 9.98 Å². The van der Waals surface area contributed by atoms with E-state index in [1.54, 1.807) is 60.7 Å². The van der Waals surface area contributed by atoms with Gasteiger partial charge in [0, 0.05) is 45.8 Å². The van der Waals surface area contributed by atoms with Crippen molar-refractivity contribution in [2.24, 2.45) is 30.4 Å². The Morgan fingerprint density at radius 3 is 1.16 bits per heavy atom. The normalized spacial score (nSPS) is 12.6.